The minimum atomic E-state index is -1.75. The summed E-state index contributed by atoms with van der Waals surface area (Å²) in [7, 11) is -1.75. The molecule has 4 aromatic rings. The molecule has 0 amide bonds. The Morgan fingerprint density at radius 1 is 0.545 bits per heavy atom. The fourth-order valence-corrected chi connectivity index (χ4v) is 4.26. The molecule has 22 heavy (non-hydrogen) atoms. The van der Waals surface area contributed by atoms with E-state index in [0.29, 0.717) is 0 Å². The van der Waals surface area contributed by atoms with Gasteiger partial charge in [0.05, 0.1) is 11.4 Å². The molecular weight excluding hydrogens is 291 g/mol. The topological polar surface area (TPSA) is 26.9 Å². The maximum atomic E-state index is 13.2. The lowest BCUT2D eigenvalue weighted by Crippen LogP contribution is -1.88. The quantitative estimate of drug-likeness (QED) is 0.502. The fourth-order valence-electron chi connectivity index (χ4n) is 2.71. The van der Waals surface area contributed by atoms with Gasteiger partial charge >= 0.3 is 7.73 Å². The van der Waals surface area contributed by atoms with Gasteiger partial charge in [-0.2, -0.15) is 0 Å². The largest absolute Gasteiger partial charge is 0.605 e. The predicted octanol–water partition coefficient (Wildman–Crippen LogP) is 5.16. The zero-order valence-electron chi connectivity index (χ0n) is 11.8. The van der Waals surface area contributed by atoms with Crippen LogP contribution in [0, 0.1) is 0 Å². The van der Waals surface area contributed by atoms with Gasteiger partial charge in [0.2, 0.25) is 0 Å². The normalized spacial score (nSPS) is 10.9. The fraction of sp³-hybridized carbons (Fsp3) is 0. The van der Waals surface area contributed by atoms with Crippen LogP contribution in [0.5, 0.6) is 0 Å². The summed E-state index contributed by atoms with van der Waals surface area (Å²) in [6.07, 6.45) is 0. The first-order chi connectivity index (χ1) is 10.9. The average Bonchev–Trinajstić information content (AvgIpc) is 2.88. The van der Waals surface area contributed by atoms with E-state index in [9.17, 15) is 4.57 Å². The third-order valence-corrected chi connectivity index (χ3v) is 5.26. The Labute approximate surface area is 128 Å². The monoisotopic (exact) mass is 305 g/mol. The van der Waals surface area contributed by atoms with Crippen molar-refractivity contribution in [2.45, 2.75) is 0 Å². The molecule has 0 fully saturated rings. The molecule has 0 spiro atoms. The van der Waals surface area contributed by atoms with Gasteiger partial charge < -0.3 is 0 Å². The van der Waals surface area contributed by atoms with Crippen LogP contribution in [0.3, 0.4) is 0 Å². The van der Waals surface area contributed by atoms with Crippen LogP contribution in [0.25, 0.3) is 22.4 Å². The van der Waals surface area contributed by atoms with Crippen LogP contribution < -0.4 is 0 Å². The number of para-hydroxylation sites is 4. The molecule has 0 unspecified atom stereocenters. The molecule has 4 heteroatoms. The van der Waals surface area contributed by atoms with Crippen molar-refractivity contribution >= 4 is 18.8 Å². The Hall–Kier alpha value is -2.64. The van der Waals surface area contributed by atoms with Gasteiger partial charge in [0.15, 0.2) is 0 Å². The highest BCUT2D eigenvalue weighted by Crippen LogP contribution is 2.34. The molecule has 1 aromatic heterocycles. The number of fused-ring (bicyclic) bond motifs is 1. The van der Waals surface area contributed by atoms with Crippen LogP contribution in [0.2, 0.25) is 0 Å². The van der Waals surface area contributed by atoms with E-state index < -0.39 is 7.73 Å². The van der Waals surface area contributed by atoms with E-state index in [-0.39, 0.29) is 0 Å². The maximum Gasteiger partial charge on any atom is 0.605 e. The van der Waals surface area contributed by atoms with Gasteiger partial charge in [-0.1, -0.05) is 48.5 Å². The van der Waals surface area contributed by atoms with Gasteiger partial charge in [-0.15, -0.1) is 8.66 Å². The molecule has 0 aliphatic carbocycles. The summed E-state index contributed by atoms with van der Waals surface area (Å²) in [6, 6.07) is 27.7. The third kappa shape index (κ3) is 1.99. The lowest BCUT2D eigenvalue weighted by molar-refractivity contribution is 0.589. The van der Waals surface area contributed by atoms with Crippen molar-refractivity contribution in [1.82, 2.24) is 8.66 Å². The summed E-state index contributed by atoms with van der Waals surface area (Å²) < 4.78 is 17.0. The molecule has 0 radical (unpaired) electrons. The molecular formula is C18H14N2OP+. The van der Waals surface area contributed by atoms with Gasteiger partial charge in [0.1, 0.15) is 11.0 Å². The summed E-state index contributed by atoms with van der Waals surface area (Å²) >= 11 is 0. The van der Waals surface area contributed by atoms with Crippen molar-refractivity contribution in [1.29, 1.82) is 0 Å². The highest BCUT2D eigenvalue weighted by Gasteiger charge is 2.25. The van der Waals surface area contributed by atoms with E-state index in [1.54, 1.807) is 0 Å². The molecule has 0 aliphatic heterocycles. The Bertz CT molecular complexity index is 908. The van der Waals surface area contributed by atoms with Crippen molar-refractivity contribution in [3.8, 4) is 11.4 Å². The molecule has 0 aliphatic rings. The Morgan fingerprint density at radius 2 is 0.909 bits per heavy atom. The number of hydrogen-bond donors (Lipinski definition) is 0. The van der Waals surface area contributed by atoms with Crippen molar-refractivity contribution in [2.24, 2.45) is 0 Å². The SMILES string of the molecule is O=[p+]1n(-c2ccccc2)c2ccccc2n1-c1ccccc1. The van der Waals surface area contributed by atoms with Crippen LogP contribution in [-0.2, 0) is 4.57 Å². The minimum Gasteiger partial charge on any atom is -0.110 e. The Kier molecular flexibility index (Phi) is 3.14. The zero-order chi connectivity index (χ0) is 14.9. The van der Waals surface area contributed by atoms with Crippen LogP contribution in [-0.4, -0.2) is 8.66 Å². The molecule has 0 bridgehead atoms. The lowest BCUT2D eigenvalue weighted by Gasteiger charge is -1.95. The summed E-state index contributed by atoms with van der Waals surface area (Å²) in [5.74, 6) is 0. The molecule has 0 saturated heterocycles. The number of aromatic nitrogens is 2. The average molecular weight is 305 g/mol. The molecule has 0 N–H and O–H groups in total. The van der Waals surface area contributed by atoms with Gasteiger partial charge in [-0.25, -0.2) is 0 Å². The number of nitrogens with zero attached hydrogens (tertiary/aromatic N) is 2. The molecule has 3 aromatic carbocycles. The van der Waals surface area contributed by atoms with Crippen molar-refractivity contribution < 1.29 is 4.57 Å². The molecule has 4 rings (SSSR count). The second-order valence-electron chi connectivity index (χ2n) is 5.04. The smallest absolute Gasteiger partial charge is 0.110 e. The van der Waals surface area contributed by atoms with Crippen LogP contribution in [0.1, 0.15) is 0 Å². The van der Waals surface area contributed by atoms with E-state index in [1.165, 1.54) is 0 Å². The van der Waals surface area contributed by atoms with Gasteiger partial charge in [-0.05, 0) is 41.0 Å². The van der Waals surface area contributed by atoms with E-state index in [0.717, 1.165) is 22.4 Å². The highest BCUT2D eigenvalue weighted by molar-refractivity contribution is 7.30. The summed E-state index contributed by atoms with van der Waals surface area (Å²) in [5.41, 5.74) is 3.82. The molecule has 3 nitrogen and oxygen atoms in total. The number of benzene rings is 3. The Balaban J connectivity index is 2.12. The summed E-state index contributed by atoms with van der Waals surface area (Å²) in [4.78, 5) is 0. The molecule has 106 valence electrons. The third-order valence-electron chi connectivity index (χ3n) is 3.68. The van der Waals surface area contributed by atoms with Crippen LogP contribution in [0.4, 0.5) is 0 Å². The lowest BCUT2D eigenvalue weighted by atomic mass is 10.2. The number of hydrogen-bond acceptors (Lipinski definition) is 1. The van der Waals surface area contributed by atoms with Crippen molar-refractivity contribution in [3.63, 3.8) is 0 Å². The van der Waals surface area contributed by atoms with E-state index in [2.05, 4.69) is 0 Å². The molecule has 0 atom stereocenters. The minimum absolute atomic E-state index is 0.939. The first-order valence-corrected chi connectivity index (χ1v) is 8.29. The number of rotatable bonds is 2. The zero-order valence-corrected chi connectivity index (χ0v) is 12.7. The standard InChI is InChI=1S/C18H14N2OP/c21-22-19(15-9-3-1-4-10-15)17-13-7-8-14-18(17)20(22)16-11-5-2-6-12-16/h1-14H/q+1. The summed E-state index contributed by atoms with van der Waals surface area (Å²) in [6.45, 7) is 0. The Morgan fingerprint density at radius 3 is 1.32 bits per heavy atom. The first-order valence-electron chi connectivity index (χ1n) is 7.13. The van der Waals surface area contributed by atoms with Crippen LogP contribution >= 0.6 is 7.73 Å². The maximum absolute atomic E-state index is 13.2. The van der Waals surface area contributed by atoms with E-state index in [4.69, 9.17) is 0 Å². The molecule has 0 saturated carbocycles. The van der Waals surface area contributed by atoms with Gasteiger partial charge in [-0.3, -0.25) is 0 Å². The van der Waals surface area contributed by atoms with Crippen molar-refractivity contribution in [3.05, 3.63) is 84.9 Å². The highest BCUT2D eigenvalue weighted by atomic mass is 31.1. The predicted molar refractivity (Wildman–Crippen MR) is 90.2 cm³/mol. The van der Waals surface area contributed by atoms with Crippen LogP contribution in [0.15, 0.2) is 84.9 Å². The second kappa shape index (κ2) is 5.28. The van der Waals surface area contributed by atoms with Gasteiger partial charge in [0.25, 0.3) is 0 Å². The second-order valence-corrected chi connectivity index (χ2v) is 6.34. The van der Waals surface area contributed by atoms with Gasteiger partial charge in [0, 0.05) is 0 Å². The van der Waals surface area contributed by atoms with E-state index >= 15 is 0 Å². The molecule has 1 heterocycles. The summed E-state index contributed by atoms with van der Waals surface area (Å²) in [5, 5.41) is 0. The van der Waals surface area contributed by atoms with Crippen molar-refractivity contribution in [2.75, 3.05) is 0 Å². The first kappa shape index (κ1) is 13.1. The van der Waals surface area contributed by atoms with E-state index in [1.807, 2.05) is 93.6 Å².